The zero-order valence-electron chi connectivity index (χ0n) is 20.2. The van der Waals surface area contributed by atoms with E-state index in [1.807, 2.05) is 0 Å². The maximum absolute atomic E-state index is 14.0. The highest BCUT2D eigenvalue weighted by Crippen LogP contribution is 2.38. The molecule has 2 aliphatic carbocycles. The Hall–Kier alpha value is -3.53. The second-order valence-corrected chi connectivity index (χ2v) is 12.3. The van der Waals surface area contributed by atoms with Crippen molar-refractivity contribution in [2.24, 2.45) is 0 Å². The summed E-state index contributed by atoms with van der Waals surface area (Å²) >= 11 is 13.0. The van der Waals surface area contributed by atoms with Gasteiger partial charge in [-0.15, -0.1) is 0 Å². The molecule has 11 heteroatoms. The van der Waals surface area contributed by atoms with E-state index in [2.05, 4.69) is 9.71 Å². The minimum Gasteiger partial charge on any atom is -0.331 e. The van der Waals surface area contributed by atoms with E-state index < -0.39 is 27.0 Å². The largest absolute Gasteiger partial charge is 0.331 e. The van der Waals surface area contributed by atoms with Gasteiger partial charge in [-0.3, -0.25) is 14.6 Å². The third kappa shape index (κ3) is 4.64. The number of rotatable bonds is 6. The molecule has 2 aliphatic rings. The van der Waals surface area contributed by atoms with Crippen molar-refractivity contribution in [3.05, 3.63) is 93.5 Å². The Kier molecular flexibility index (Phi) is 6.32. The van der Waals surface area contributed by atoms with Crippen molar-refractivity contribution in [1.82, 2.24) is 14.3 Å². The van der Waals surface area contributed by atoms with E-state index in [9.17, 15) is 22.4 Å². The van der Waals surface area contributed by atoms with Crippen LogP contribution >= 0.6 is 23.2 Å². The van der Waals surface area contributed by atoms with Crippen LogP contribution in [0.25, 0.3) is 27.4 Å². The third-order valence-corrected chi connectivity index (χ3v) is 9.38. The van der Waals surface area contributed by atoms with Crippen LogP contribution in [0.5, 0.6) is 0 Å². The number of carbonyl (C=O) groups excluding carboxylic acids is 2. The van der Waals surface area contributed by atoms with E-state index in [0.717, 1.165) is 0 Å². The lowest BCUT2D eigenvalue weighted by molar-refractivity contribution is -0.113. The van der Waals surface area contributed by atoms with Gasteiger partial charge in [0.05, 0.1) is 22.3 Å². The lowest BCUT2D eigenvalue weighted by Gasteiger charge is -2.15. The normalized spacial score (nSPS) is 15.7. The number of Topliss-reactive ketones (excluding diaryl/α,β-unsaturated/α-hetero) is 1. The van der Waals surface area contributed by atoms with E-state index >= 15 is 0 Å². The Bertz CT molecular complexity index is 1890. The van der Waals surface area contributed by atoms with Crippen LogP contribution in [0.2, 0.25) is 10.0 Å². The van der Waals surface area contributed by atoms with Crippen LogP contribution in [-0.2, 0) is 21.4 Å². The molecule has 6 rings (SSSR count). The smallest absolute Gasteiger partial charge is 0.282 e. The van der Waals surface area contributed by atoms with Crippen molar-refractivity contribution in [1.29, 1.82) is 0 Å². The van der Waals surface area contributed by atoms with Crippen LogP contribution in [0.1, 0.15) is 40.9 Å². The monoisotopic (exact) mass is 583 g/mol. The topological polar surface area (TPSA) is 98.1 Å². The number of nitrogens with one attached hydrogen (secondary N) is 1. The SMILES string of the molecule is O=C1CC=CC=C1c1c(C(=O)NS(=O)(=O)C2CC2)n(Cc2cnc3ccc(F)cc3c2Cl)c2ccc(Cl)cc12. The zero-order chi connectivity index (χ0) is 27.5. The lowest BCUT2D eigenvalue weighted by Crippen LogP contribution is -2.35. The summed E-state index contributed by atoms with van der Waals surface area (Å²) in [5.41, 5.74) is 2.01. The van der Waals surface area contributed by atoms with Gasteiger partial charge in [-0.25, -0.2) is 17.5 Å². The molecule has 0 radical (unpaired) electrons. The van der Waals surface area contributed by atoms with Gasteiger partial charge in [0.2, 0.25) is 10.0 Å². The molecule has 0 unspecified atom stereocenters. The Morgan fingerprint density at radius 3 is 2.67 bits per heavy atom. The number of sulfonamides is 1. The lowest BCUT2D eigenvalue weighted by atomic mass is 9.93. The molecule has 0 bridgehead atoms. The first-order chi connectivity index (χ1) is 18.6. The number of benzene rings is 2. The van der Waals surface area contributed by atoms with E-state index in [1.165, 1.54) is 24.4 Å². The van der Waals surface area contributed by atoms with Gasteiger partial charge >= 0.3 is 0 Å². The number of carbonyl (C=O) groups is 2. The van der Waals surface area contributed by atoms with Gasteiger partial charge in [0.25, 0.3) is 5.91 Å². The summed E-state index contributed by atoms with van der Waals surface area (Å²) in [6, 6.07) is 9.05. The molecule has 1 amide bonds. The molecule has 0 aliphatic heterocycles. The number of halogens is 3. The molecule has 2 heterocycles. The predicted octanol–water partition coefficient (Wildman–Crippen LogP) is 5.82. The number of pyridine rings is 1. The second-order valence-electron chi connectivity index (χ2n) is 9.54. The number of nitrogens with zero attached hydrogens (tertiary/aromatic N) is 2. The fraction of sp³-hybridized carbons (Fsp3) is 0.179. The highest BCUT2D eigenvalue weighted by Gasteiger charge is 2.38. The van der Waals surface area contributed by atoms with Crippen molar-refractivity contribution in [3.63, 3.8) is 0 Å². The molecular formula is C28H20Cl2FN3O4S. The standard InChI is InChI=1S/C28H20Cl2FN3O4S/c29-16-5-10-23-21(11-16)25(19-3-1-2-4-24(19)35)27(28(36)33-39(37,38)18-7-8-18)34(23)14-15-13-32-22-9-6-17(31)12-20(22)26(15)30/h1-3,5-6,9-13,18H,4,7-8,14H2,(H,33,36). The number of aromatic nitrogens is 2. The van der Waals surface area contributed by atoms with Crippen LogP contribution in [-0.4, -0.2) is 34.9 Å². The summed E-state index contributed by atoms with van der Waals surface area (Å²) < 4.78 is 43.4. The maximum atomic E-state index is 14.0. The number of allylic oxidation sites excluding steroid dienone is 4. The molecule has 4 aromatic rings. The Balaban J connectivity index is 1.60. The number of amides is 1. The molecule has 0 spiro atoms. The molecule has 0 saturated heterocycles. The number of hydrogen-bond donors (Lipinski definition) is 1. The van der Waals surface area contributed by atoms with Gasteiger partial charge in [-0.2, -0.15) is 0 Å². The summed E-state index contributed by atoms with van der Waals surface area (Å²) in [7, 11) is -3.91. The second kappa shape index (κ2) is 9.59. The van der Waals surface area contributed by atoms with Crippen molar-refractivity contribution < 1.29 is 22.4 Å². The van der Waals surface area contributed by atoms with Crippen LogP contribution in [0, 0.1) is 5.82 Å². The van der Waals surface area contributed by atoms with Gasteiger partial charge in [0.1, 0.15) is 11.5 Å². The molecule has 1 saturated carbocycles. The molecule has 198 valence electrons. The summed E-state index contributed by atoms with van der Waals surface area (Å²) in [5.74, 6) is -1.58. The summed E-state index contributed by atoms with van der Waals surface area (Å²) in [6.07, 6.45) is 7.62. The van der Waals surface area contributed by atoms with E-state index in [0.29, 0.717) is 45.2 Å². The van der Waals surface area contributed by atoms with E-state index in [-0.39, 0.29) is 40.6 Å². The molecule has 7 nitrogen and oxygen atoms in total. The van der Waals surface area contributed by atoms with Gasteiger partial charge < -0.3 is 4.57 Å². The first-order valence-corrected chi connectivity index (χ1v) is 14.4. The van der Waals surface area contributed by atoms with Crippen LogP contribution in [0.15, 0.2) is 60.8 Å². The first-order valence-electron chi connectivity index (χ1n) is 12.1. The highest BCUT2D eigenvalue weighted by molar-refractivity contribution is 7.91. The first kappa shape index (κ1) is 25.7. The molecule has 39 heavy (non-hydrogen) atoms. The zero-order valence-corrected chi connectivity index (χ0v) is 22.6. The van der Waals surface area contributed by atoms with Gasteiger partial charge in [0, 0.05) is 50.6 Å². The molecular weight excluding hydrogens is 564 g/mol. The molecule has 2 aromatic carbocycles. The average molecular weight is 584 g/mol. The highest BCUT2D eigenvalue weighted by atomic mass is 35.5. The summed E-state index contributed by atoms with van der Waals surface area (Å²) in [4.78, 5) is 31.2. The summed E-state index contributed by atoms with van der Waals surface area (Å²) in [6.45, 7) is -0.0139. The summed E-state index contributed by atoms with van der Waals surface area (Å²) in [5, 5.41) is 0.877. The van der Waals surface area contributed by atoms with Gasteiger partial charge in [0.15, 0.2) is 5.78 Å². The third-order valence-electron chi connectivity index (χ3n) is 6.88. The van der Waals surface area contributed by atoms with E-state index in [4.69, 9.17) is 23.2 Å². The van der Waals surface area contributed by atoms with Crippen molar-refractivity contribution in [3.8, 4) is 0 Å². The van der Waals surface area contributed by atoms with Crippen LogP contribution in [0.4, 0.5) is 4.39 Å². The predicted molar refractivity (Wildman–Crippen MR) is 149 cm³/mol. The van der Waals surface area contributed by atoms with Gasteiger partial charge in [-0.05, 0) is 49.2 Å². The Morgan fingerprint density at radius 1 is 1.13 bits per heavy atom. The molecule has 2 aromatic heterocycles. The molecule has 1 N–H and O–H groups in total. The fourth-order valence-corrected chi connectivity index (χ4v) is 6.57. The van der Waals surface area contributed by atoms with Crippen molar-refractivity contribution in [2.75, 3.05) is 0 Å². The maximum Gasteiger partial charge on any atom is 0.282 e. The van der Waals surface area contributed by atoms with E-state index in [1.54, 1.807) is 41.0 Å². The van der Waals surface area contributed by atoms with Crippen molar-refractivity contribution in [2.45, 2.75) is 31.1 Å². The minimum atomic E-state index is -3.91. The van der Waals surface area contributed by atoms with Crippen LogP contribution < -0.4 is 4.72 Å². The van der Waals surface area contributed by atoms with Crippen molar-refractivity contribution >= 4 is 72.3 Å². The number of fused-ring (bicyclic) bond motifs is 2. The van der Waals surface area contributed by atoms with Crippen LogP contribution in [0.3, 0.4) is 0 Å². The minimum absolute atomic E-state index is 0.0139. The average Bonchev–Trinajstić information content (AvgIpc) is 3.71. The number of ketones is 1. The Labute approximate surface area is 233 Å². The molecule has 0 atom stereocenters. The quantitative estimate of drug-likeness (QED) is 0.308. The number of hydrogen-bond acceptors (Lipinski definition) is 5. The fourth-order valence-electron chi connectivity index (χ4n) is 4.86. The Morgan fingerprint density at radius 2 is 1.92 bits per heavy atom. The molecule has 1 fully saturated rings. The van der Waals surface area contributed by atoms with Gasteiger partial charge in [-0.1, -0.05) is 41.4 Å².